The highest BCUT2D eigenvalue weighted by atomic mass is 19.4. The van der Waals surface area contributed by atoms with E-state index in [1.807, 2.05) is 0 Å². The van der Waals surface area contributed by atoms with Gasteiger partial charge in [0.05, 0.1) is 0 Å². The second-order valence-electron chi connectivity index (χ2n) is 2.73. The Balaban J connectivity index is 2.95. The first kappa shape index (κ1) is 9.84. The predicted molar refractivity (Wildman–Crippen MR) is 46.2 cm³/mol. The third kappa shape index (κ3) is 1.91. The van der Waals surface area contributed by atoms with Gasteiger partial charge in [-0.15, -0.1) is 0 Å². The van der Waals surface area contributed by atoms with Gasteiger partial charge >= 0.3 is 6.18 Å². The van der Waals surface area contributed by atoms with Crippen LogP contribution >= 0.6 is 0 Å². The van der Waals surface area contributed by atoms with Crippen LogP contribution in [0.5, 0.6) is 0 Å². The second kappa shape index (κ2) is 3.24. The first-order valence-electron chi connectivity index (χ1n) is 3.75. The number of rotatable bonds is 2. The zero-order valence-corrected chi connectivity index (χ0v) is 6.99. The van der Waals surface area contributed by atoms with E-state index in [9.17, 15) is 13.2 Å². The van der Waals surface area contributed by atoms with E-state index in [0.29, 0.717) is 11.1 Å². The van der Waals surface area contributed by atoms with Gasteiger partial charge < -0.3 is 0 Å². The smallest absolute Gasteiger partial charge is 0.166 e. The molecule has 0 N–H and O–H groups in total. The SMILES string of the molecule is C=CC1=C(C=C)CC(C(F)(F)F)=C1. The molecule has 0 atom stereocenters. The Morgan fingerprint density at radius 3 is 2.15 bits per heavy atom. The molecule has 3 heteroatoms. The van der Waals surface area contributed by atoms with Gasteiger partial charge in [0.2, 0.25) is 0 Å². The summed E-state index contributed by atoms with van der Waals surface area (Å²) in [6.45, 7) is 6.89. The molecule has 13 heavy (non-hydrogen) atoms. The molecule has 0 saturated heterocycles. The first-order valence-corrected chi connectivity index (χ1v) is 3.75. The van der Waals surface area contributed by atoms with Crippen LogP contribution < -0.4 is 0 Å². The molecule has 0 aromatic rings. The molecule has 0 aromatic carbocycles. The van der Waals surface area contributed by atoms with Gasteiger partial charge in [-0.25, -0.2) is 0 Å². The molecule has 0 aliphatic heterocycles. The van der Waals surface area contributed by atoms with Gasteiger partial charge in [0.1, 0.15) is 0 Å². The zero-order chi connectivity index (χ0) is 10.1. The molecule has 0 fully saturated rings. The molecule has 0 radical (unpaired) electrons. The van der Waals surface area contributed by atoms with E-state index in [1.54, 1.807) is 0 Å². The maximum atomic E-state index is 12.2. The van der Waals surface area contributed by atoms with E-state index < -0.39 is 11.7 Å². The minimum atomic E-state index is -4.24. The minimum absolute atomic E-state index is 0.0889. The number of halogens is 3. The van der Waals surface area contributed by atoms with Crippen molar-refractivity contribution < 1.29 is 13.2 Å². The quantitative estimate of drug-likeness (QED) is 0.618. The molecular formula is C10H9F3. The molecule has 0 nitrogen and oxygen atoms in total. The van der Waals surface area contributed by atoms with Gasteiger partial charge in [-0.3, -0.25) is 0 Å². The normalized spacial score (nSPS) is 17.3. The summed E-state index contributed by atoms with van der Waals surface area (Å²) in [5, 5.41) is 0. The van der Waals surface area contributed by atoms with Gasteiger partial charge in [0.15, 0.2) is 0 Å². The van der Waals surface area contributed by atoms with Crippen molar-refractivity contribution in [1.82, 2.24) is 0 Å². The van der Waals surface area contributed by atoms with Crippen molar-refractivity contribution in [2.24, 2.45) is 0 Å². The third-order valence-corrected chi connectivity index (χ3v) is 1.91. The van der Waals surface area contributed by atoms with Gasteiger partial charge in [-0.2, -0.15) is 13.2 Å². The van der Waals surface area contributed by atoms with Crippen LogP contribution in [0.15, 0.2) is 48.1 Å². The Labute approximate surface area is 74.8 Å². The molecule has 1 aliphatic rings. The number of alkyl halides is 3. The van der Waals surface area contributed by atoms with Crippen molar-refractivity contribution in [3.63, 3.8) is 0 Å². The summed E-state index contributed by atoms with van der Waals surface area (Å²) in [7, 11) is 0. The summed E-state index contributed by atoms with van der Waals surface area (Å²) in [6.07, 6.45) is -0.362. The van der Waals surface area contributed by atoms with Gasteiger partial charge in [-0.1, -0.05) is 25.3 Å². The van der Waals surface area contributed by atoms with E-state index in [4.69, 9.17) is 0 Å². The van der Waals surface area contributed by atoms with Crippen LogP contribution in [0.4, 0.5) is 13.2 Å². The largest absolute Gasteiger partial charge is 0.413 e. The molecule has 0 bridgehead atoms. The highest BCUT2D eigenvalue weighted by molar-refractivity contribution is 5.50. The number of hydrogen-bond acceptors (Lipinski definition) is 0. The molecular weight excluding hydrogens is 177 g/mol. The molecule has 0 saturated carbocycles. The van der Waals surface area contributed by atoms with Gasteiger partial charge in [0, 0.05) is 12.0 Å². The van der Waals surface area contributed by atoms with Crippen LogP contribution in [-0.4, -0.2) is 6.18 Å². The van der Waals surface area contributed by atoms with E-state index in [1.165, 1.54) is 12.2 Å². The standard InChI is InChI=1S/C10H9F3/c1-3-7-5-9(10(11,12)13)6-8(7)4-2/h3-5H,1-2,6H2. The summed E-state index contributed by atoms with van der Waals surface area (Å²) in [6, 6.07) is 0. The molecule has 0 aromatic heterocycles. The van der Waals surface area contributed by atoms with Gasteiger partial charge in [0.25, 0.3) is 0 Å². The van der Waals surface area contributed by atoms with E-state index in [2.05, 4.69) is 13.2 Å². The molecule has 1 rings (SSSR count). The van der Waals surface area contributed by atoms with Crippen LogP contribution in [0.1, 0.15) is 6.42 Å². The summed E-state index contributed by atoms with van der Waals surface area (Å²) >= 11 is 0. The zero-order valence-electron chi connectivity index (χ0n) is 6.99. The summed E-state index contributed by atoms with van der Waals surface area (Å²) in [5.41, 5.74) is 0.571. The van der Waals surface area contributed by atoms with Crippen molar-refractivity contribution in [3.05, 3.63) is 48.1 Å². The van der Waals surface area contributed by atoms with Crippen LogP contribution in [0.25, 0.3) is 0 Å². The summed E-state index contributed by atoms with van der Waals surface area (Å²) < 4.78 is 36.6. The third-order valence-electron chi connectivity index (χ3n) is 1.91. The lowest BCUT2D eigenvalue weighted by molar-refractivity contribution is -0.0926. The fourth-order valence-electron chi connectivity index (χ4n) is 1.20. The Hall–Kier alpha value is -1.25. The Morgan fingerprint density at radius 1 is 1.23 bits per heavy atom. The predicted octanol–water partition coefficient (Wildman–Crippen LogP) is 3.55. The average Bonchev–Trinajstić information content (AvgIpc) is 2.45. The highest BCUT2D eigenvalue weighted by Gasteiger charge is 2.35. The summed E-state index contributed by atoms with van der Waals surface area (Å²) in [5.74, 6) is 0. The van der Waals surface area contributed by atoms with Crippen LogP contribution in [0.3, 0.4) is 0 Å². The van der Waals surface area contributed by atoms with Crippen molar-refractivity contribution in [2.45, 2.75) is 12.6 Å². The second-order valence-corrected chi connectivity index (χ2v) is 2.73. The molecule has 0 amide bonds. The van der Waals surface area contributed by atoms with E-state index >= 15 is 0 Å². The minimum Gasteiger partial charge on any atom is -0.166 e. The van der Waals surface area contributed by atoms with Crippen molar-refractivity contribution in [1.29, 1.82) is 0 Å². The van der Waals surface area contributed by atoms with Crippen LogP contribution in [-0.2, 0) is 0 Å². The lowest BCUT2D eigenvalue weighted by atomic mass is 10.1. The molecule has 1 aliphatic carbocycles. The topological polar surface area (TPSA) is 0 Å². The van der Waals surface area contributed by atoms with Crippen molar-refractivity contribution >= 4 is 0 Å². The Morgan fingerprint density at radius 2 is 1.85 bits per heavy atom. The fourth-order valence-corrected chi connectivity index (χ4v) is 1.20. The summed E-state index contributed by atoms with van der Waals surface area (Å²) in [4.78, 5) is 0. The average molecular weight is 186 g/mol. The maximum absolute atomic E-state index is 12.2. The fraction of sp³-hybridized carbons (Fsp3) is 0.200. The molecule has 0 spiro atoms. The maximum Gasteiger partial charge on any atom is 0.413 e. The lowest BCUT2D eigenvalue weighted by Gasteiger charge is -2.06. The molecule has 0 heterocycles. The Bertz CT molecular complexity index is 303. The first-order chi connectivity index (χ1) is 5.99. The van der Waals surface area contributed by atoms with Crippen LogP contribution in [0, 0.1) is 0 Å². The van der Waals surface area contributed by atoms with Crippen LogP contribution in [0.2, 0.25) is 0 Å². The highest BCUT2D eigenvalue weighted by Crippen LogP contribution is 2.37. The lowest BCUT2D eigenvalue weighted by Crippen LogP contribution is -2.10. The van der Waals surface area contributed by atoms with Crippen molar-refractivity contribution in [2.75, 3.05) is 0 Å². The number of hydrogen-bond donors (Lipinski definition) is 0. The van der Waals surface area contributed by atoms with Gasteiger partial charge in [-0.05, 0) is 17.2 Å². The number of allylic oxidation sites excluding steroid dienone is 6. The van der Waals surface area contributed by atoms with E-state index in [-0.39, 0.29) is 6.42 Å². The monoisotopic (exact) mass is 186 g/mol. The molecule has 0 unspecified atom stereocenters. The molecule has 70 valence electrons. The van der Waals surface area contributed by atoms with Crippen molar-refractivity contribution in [3.8, 4) is 0 Å². The van der Waals surface area contributed by atoms with E-state index in [0.717, 1.165) is 6.08 Å². The Kier molecular flexibility index (Phi) is 2.45.